The van der Waals surface area contributed by atoms with Crippen molar-refractivity contribution in [2.24, 2.45) is 5.92 Å². The third-order valence-electron chi connectivity index (χ3n) is 2.51. The van der Waals surface area contributed by atoms with Gasteiger partial charge in [0.1, 0.15) is 0 Å². The van der Waals surface area contributed by atoms with Crippen LogP contribution in [0.25, 0.3) is 0 Å². The van der Waals surface area contributed by atoms with Crippen LogP contribution in [0.5, 0.6) is 0 Å². The van der Waals surface area contributed by atoms with Crippen LogP contribution in [0.4, 0.5) is 0 Å². The second-order valence-corrected chi connectivity index (χ2v) is 3.99. The maximum atomic E-state index is 9.50. The zero-order valence-corrected chi connectivity index (χ0v) is 9.08. The van der Waals surface area contributed by atoms with Gasteiger partial charge < -0.3 is 25.5 Å². The van der Waals surface area contributed by atoms with Crippen molar-refractivity contribution in [3.05, 3.63) is 0 Å². The fourth-order valence-electron chi connectivity index (χ4n) is 1.31. The molecular weight excluding hydrogens is 200 g/mol. The Balaban J connectivity index is 3.68. The molecule has 0 aliphatic carbocycles. The molecule has 0 saturated heterocycles. The summed E-state index contributed by atoms with van der Waals surface area (Å²) >= 11 is 0. The molecule has 0 fully saturated rings. The molecule has 0 amide bonds. The summed E-state index contributed by atoms with van der Waals surface area (Å²) < 4.78 is 0. The van der Waals surface area contributed by atoms with Crippen molar-refractivity contribution < 1.29 is 25.5 Å². The minimum absolute atomic E-state index is 0.169. The predicted molar refractivity (Wildman–Crippen MR) is 55.2 cm³/mol. The lowest BCUT2D eigenvalue weighted by Gasteiger charge is -2.22. The van der Waals surface area contributed by atoms with Crippen LogP contribution < -0.4 is 0 Å². The molecule has 0 aromatic rings. The summed E-state index contributed by atoms with van der Waals surface area (Å²) in [6.07, 6.45) is -1.32. The van der Waals surface area contributed by atoms with Gasteiger partial charge in [-0.1, -0.05) is 6.92 Å². The van der Waals surface area contributed by atoms with Crippen molar-refractivity contribution >= 4 is 0 Å². The molecule has 0 bridgehead atoms. The van der Waals surface area contributed by atoms with Gasteiger partial charge in [-0.2, -0.15) is 0 Å². The lowest BCUT2D eigenvalue weighted by Crippen LogP contribution is -2.34. The molecule has 5 nitrogen and oxygen atoms in total. The highest BCUT2D eigenvalue weighted by atomic mass is 16.3. The molecule has 0 spiro atoms. The Morgan fingerprint density at radius 3 is 2.00 bits per heavy atom. The van der Waals surface area contributed by atoms with Gasteiger partial charge in [0.15, 0.2) is 0 Å². The number of aliphatic hydroxyl groups excluding tert-OH is 5. The minimum Gasteiger partial charge on any atom is -0.396 e. The summed E-state index contributed by atoms with van der Waals surface area (Å²) in [6.45, 7) is 1.19. The van der Waals surface area contributed by atoms with Crippen LogP contribution in [0.1, 0.15) is 26.2 Å². The van der Waals surface area contributed by atoms with Gasteiger partial charge >= 0.3 is 0 Å². The molecule has 5 N–H and O–H groups in total. The molecule has 0 aliphatic rings. The Morgan fingerprint density at radius 1 is 0.933 bits per heavy atom. The number of rotatable bonds is 8. The highest BCUT2D eigenvalue weighted by Crippen LogP contribution is 2.13. The summed E-state index contributed by atoms with van der Waals surface area (Å²) in [6, 6.07) is 0. The van der Waals surface area contributed by atoms with Crippen LogP contribution in [-0.2, 0) is 0 Å². The van der Waals surface area contributed by atoms with Crippen LogP contribution >= 0.6 is 0 Å². The summed E-state index contributed by atoms with van der Waals surface area (Å²) in [5.41, 5.74) is 0. The first-order valence-corrected chi connectivity index (χ1v) is 5.28. The third-order valence-corrected chi connectivity index (χ3v) is 2.51. The molecule has 0 rings (SSSR count). The van der Waals surface area contributed by atoms with E-state index in [-0.39, 0.29) is 19.1 Å². The van der Waals surface area contributed by atoms with Crippen molar-refractivity contribution in [3.63, 3.8) is 0 Å². The smallest absolute Gasteiger partial charge is 0.0846 e. The molecule has 0 aromatic heterocycles. The fourth-order valence-corrected chi connectivity index (χ4v) is 1.31. The fraction of sp³-hybridized carbons (Fsp3) is 1.00. The predicted octanol–water partition coefficient (Wildman–Crippen LogP) is -1.14. The van der Waals surface area contributed by atoms with E-state index in [0.717, 1.165) is 0 Å². The molecule has 92 valence electrons. The molecule has 5 heteroatoms. The molecule has 4 atom stereocenters. The van der Waals surface area contributed by atoms with E-state index in [1.165, 1.54) is 0 Å². The SMILES string of the molecule is CC(CO)C(O)C(O)CCCC(O)CO. The average Bonchev–Trinajstić information content (AvgIpc) is 2.26. The van der Waals surface area contributed by atoms with E-state index in [1.807, 2.05) is 0 Å². The molecule has 0 aromatic carbocycles. The van der Waals surface area contributed by atoms with Crippen LogP contribution in [0.15, 0.2) is 0 Å². The zero-order valence-electron chi connectivity index (χ0n) is 9.08. The largest absolute Gasteiger partial charge is 0.396 e. The van der Waals surface area contributed by atoms with Gasteiger partial charge in [-0.05, 0) is 19.3 Å². The van der Waals surface area contributed by atoms with E-state index >= 15 is 0 Å². The normalized spacial score (nSPS) is 19.6. The van der Waals surface area contributed by atoms with Crippen molar-refractivity contribution in [3.8, 4) is 0 Å². The van der Waals surface area contributed by atoms with Crippen LogP contribution in [0.3, 0.4) is 0 Å². The van der Waals surface area contributed by atoms with E-state index in [9.17, 15) is 10.2 Å². The first kappa shape index (κ1) is 14.8. The van der Waals surface area contributed by atoms with Gasteiger partial charge in [-0.25, -0.2) is 0 Å². The lowest BCUT2D eigenvalue weighted by molar-refractivity contribution is -0.0326. The monoisotopic (exact) mass is 222 g/mol. The molecule has 0 radical (unpaired) electrons. The van der Waals surface area contributed by atoms with Gasteiger partial charge in [0, 0.05) is 12.5 Å². The van der Waals surface area contributed by atoms with Crippen LogP contribution in [0, 0.1) is 5.92 Å². The van der Waals surface area contributed by atoms with Gasteiger partial charge in [-0.15, -0.1) is 0 Å². The maximum absolute atomic E-state index is 9.50. The van der Waals surface area contributed by atoms with Crippen molar-refractivity contribution in [1.82, 2.24) is 0 Å². The first-order chi connectivity index (χ1) is 7.02. The summed E-state index contributed by atoms with van der Waals surface area (Å²) in [4.78, 5) is 0. The van der Waals surface area contributed by atoms with Crippen molar-refractivity contribution in [1.29, 1.82) is 0 Å². The zero-order chi connectivity index (χ0) is 11.8. The van der Waals surface area contributed by atoms with E-state index in [2.05, 4.69) is 0 Å². The third kappa shape index (κ3) is 6.06. The number of hydrogen-bond acceptors (Lipinski definition) is 5. The van der Waals surface area contributed by atoms with Crippen LogP contribution in [0.2, 0.25) is 0 Å². The van der Waals surface area contributed by atoms with Crippen LogP contribution in [-0.4, -0.2) is 57.1 Å². The Morgan fingerprint density at radius 2 is 1.53 bits per heavy atom. The number of aliphatic hydroxyl groups is 5. The molecule has 0 saturated carbocycles. The van der Waals surface area contributed by atoms with Crippen molar-refractivity contribution in [2.45, 2.75) is 44.5 Å². The second kappa shape index (κ2) is 8.01. The average molecular weight is 222 g/mol. The van der Waals surface area contributed by atoms with Gasteiger partial charge in [-0.3, -0.25) is 0 Å². The van der Waals surface area contributed by atoms with Gasteiger partial charge in [0.05, 0.1) is 24.9 Å². The molecule has 15 heavy (non-hydrogen) atoms. The van der Waals surface area contributed by atoms with Gasteiger partial charge in [0.2, 0.25) is 0 Å². The lowest BCUT2D eigenvalue weighted by atomic mass is 9.96. The topological polar surface area (TPSA) is 101 Å². The molecular formula is C10H22O5. The quantitative estimate of drug-likeness (QED) is 0.357. The minimum atomic E-state index is -0.943. The standard InChI is InChI=1S/C10H22O5/c1-7(5-11)10(15)9(14)4-2-3-8(13)6-12/h7-15H,2-6H2,1H3. The summed E-state index contributed by atoms with van der Waals surface area (Å²) in [5, 5.41) is 45.3. The van der Waals surface area contributed by atoms with Crippen molar-refractivity contribution in [2.75, 3.05) is 13.2 Å². The Kier molecular flexibility index (Phi) is 7.90. The second-order valence-electron chi connectivity index (χ2n) is 3.99. The summed E-state index contributed by atoms with van der Waals surface area (Å²) in [7, 11) is 0. The Bertz CT molecular complexity index is 153. The molecule has 4 unspecified atom stereocenters. The first-order valence-electron chi connectivity index (χ1n) is 5.28. The molecule has 0 aliphatic heterocycles. The van der Waals surface area contributed by atoms with E-state index in [1.54, 1.807) is 6.92 Å². The summed E-state index contributed by atoms with van der Waals surface area (Å²) in [5.74, 6) is -0.359. The highest BCUT2D eigenvalue weighted by molar-refractivity contribution is 4.72. The highest BCUT2D eigenvalue weighted by Gasteiger charge is 2.21. The molecule has 0 heterocycles. The Hall–Kier alpha value is -0.200. The number of hydrogen-bond donors (Lipinski definition) is 5. The Labute approximate surface area is 90.0 Å². The van der Waals surface area contributed by atoms with E-state index in [0.29, 0.717) is 19.3 Å². The van der Waals surface area contributed by atoms with Gasteiger partial charge in [0.25, 0.3) is 0 Å². The maximum Gasteiger partial charge on any atom is 0.0846 e. The van der Waals surface area contributed by atoms with E-state index < -0.39 is 18.3 Å². The van der Waals surface area contributed by atoms with E-state index in [4.69, 9.17) is 15.3 Å².